The van der Waals surface area contributed by atoms with E-state index >= 15 is 0 Å². The third-order valence-corrected chi connectivity index (χ3v) is 3.05. The molecule has 0 aliphatic heterocycles. The summed E-state index contributed by atoms with van der Waals surface area (Å²) in [5.74, 6) is 0. The van der Waals surface area contributed by atoms with Crippen LogP contribution in [0.2, 0.25) is 3.17 Å². The zero-order valence-electron chi connectivity index (χ0n) is 5.82. The Balaban J connectivity index is 0.000000490. The van der Waals surface area contributed by atoms with E-state index in [1.807, 2.05) is 0 Å². The van der Waals surface area contributed by atoms with Crippen LogP contribution in [-0.4, -0.2) is 27.9 Å². The summed E-state index contributed by atoms with van der Waals surface area (Å²) < 4.78 is 1.17. The van der Waals surface area contributed by atoms with E-state index in [-0.39, 0.29) is 6.15 Å². The minimum absolute atomic E-state index is 0. The van der Waals surface area contributed by atoms with Crippen LogP contribution in [0.4, 0.5) is 0 Å². The van der Waals surface area contributed by atoms with Crippen LogP contribution >= 0.6 is 0 Å². The second-order valence-electron chi connectivity index (χ2n) is 2.74. The van der Waals surface area contributed by atoms with Gasteiger partial charge in [0, 0.05) is 0 Å². The predicted molar refractivity (Wildman–Crippen MR) is 37.6 cm³/mol. The van der Waals surface area contributed by atoms with Gasteiger partial charge in [0.15, 0.2) is 0 Å². The van der Waals surface area contributed by atoms with Gasteiger partial charge in [-0.05, 0) is 0 Å². The molecule has 44 valence electrons. The van der Waals surface area contributed by atoms with Crippen LogP contribution in [0.5, 0.6) is 0 Å². The molecule has 1 aliphatic rings. The summed E-state index contributed by atoms with van der Waals surface area (Å²) in [4.78, 5) is 0. The first kappa shape index (κ1) is 8.96. The molecule has 0 saturated heterocycles. The Labute approximate surface area is 69.2 Å². The van der Waals surface area contributed by atoms with Gasteiger partial charge in [-0.2, -0.15) is 0 Å². The molecule has 1 saturated carbocycles. The standard InChI is InChI=1S/C6H11.H3N.Na/c1-2-4-6-5-3-1;;/h1H,2-6H2;1H3;. The average Bonchev–Trinajstić information content (AvgIpc) is 1.69. The van der Waals surface area contributed by atoms with Crippen LogP contribution < -0.4 is 6.15 Å². The first-order chi connectivity index (χ1) is 3.39. The maximum absolute atomic E-state index is 1.55. The van der Waals surface area contributed by atoms with Crippen molar-refractivity contribution in [2.24, 2.45) is 0 Å². The SMILES string of the molecule is N.[Na][CH]1CCCCC1. The number of hydrogen-bond acceptors (Lipinski definition) is 1. The molecule has 0 amide bonds. The van der Waals surface area contributed by atoms with Crippen molar-refractivity contribution in [3.8, 4) is 0 Å². The third-order valence-electron chi connectivity index (χ3n) is 1.89. The van der Waals surface area contributed by atoms with Crippen molar-refractivity contribution < 1.29 is 0 Å². The van der Waals surface area contributed by atoms with Crippen molar-refractivity contribution in [3.05, 3.63) is 0 Å². The zero-order valence-corrected chi connectivity index (χ0v) is 7.82. The monoisotopic (exact) mass is 123 g/mol. The fourth-order valence-electron chi connectivity index (χ4n) is 1.31. The van der Waals surface area contributed by atoms with Crippen LogP contribution in [0.15, 0.2) is 0 Å². The van der Waals surface area contributed by atoms with Crippen LogP contribution in [0, 0.1) is 0 Å². The van der Waals surface area contributed by atoms with Crippen LogP contribution in [0.1, 0.15) is 32.1 Å². The molecule has 0 spiro atoms. The van der Waals surface area contributed by atoms with E-state index in [1.54, 1.807) is 12.8 Å². The molecule has 2 heteroatoms. The Kier molecular flexibility index (Phi) is 5.38. The molecule has 0 aromatic carbocycles. The Bertz CT molecular complexity index is 50.5. The van der Waals surface area contributed by atoms with Crippen molar-refractivity contribution in [1.29, 1.82) is 0 Å². The topological polar surface area (TPSA) is 35.0 Å². The molecule has 1 aliphatic carbocycles. The van der Waals surface area contributed by atoms with Gasteiger partial charge in [-0.3, -0.25) is 0 Å². The second-order valence-corrected chi connectivity index (χ2v) is 4.38. The minimum atomic E-state index is 0. The molecule has 1 rings (SSSR count). The molecule has 0 heterocycles. The predicted octanol–water partition coefficient (Wildman–Crippen LogP) is 2.07. The molecule has 0 aromatic rings. The van der Waals surface area contributed by atoms with Gasteiger partial charge in [-0.15, -0.1) is 0 Å². The van der Waals surface area contributed by atoms with E-state index in [1.165, 1.54) is 50.4 Å². The maximum atomic E-state index is 1.55. The summed E-state index contributed by atoms with van der Waals surface area (Å²) in [6.45, 7) is 0. The van der Waals surface area contributed by atoms with Crippen molar-refractivity contribution >= 4 is 27.9 Å². The molecule has 8 heavy (non-hydrogen) atoms. The Morgan fingerprint density at radius 2 is 1.50 bits per heavy atom. The van der Waals surface area contributed by atoms with E-state index in [0.29, 0.717) is 0 Å². The fraction of sp³-hybridized carbons (Fsp3) is 1.00. The summed E-state index contributed by atoms with van der Waals surface area (Å²) in [5, 5.41) is 0. The Morgan fingerprint density at radius 1 is 1.00 bits per heavy atom. The van der Waals surface area contributed by atoms with Crippen molar-refractivity contribution in [1.82, 2.24) is 6.15 Å². The first-order valence-corrected chi connectivity index (χ1v) is 4.55. The van der Waals surface area contributed by atoms with Gasteiger partial charge < -0.3 is 6.15 Å². The Hall–Kier alpha value is 0.960. The van der Waals surface area contributed by atoms with Gasteiger partial charge in [0.2, 0.25) is 0 Å². The normalized spacial score (nSPS) is 22.2. The molecule has 0 aromatic heterocycles. The zero-order chi connectivity index (χ0) is 5.11. The third kappa shape index (κ3) is 3.08. The van der Waals surface area contributed by atoms with E-state index in [0.717, 1.165) is 0 Å². The molecule has 0 radical (unpaired) electrons. The van der Waals surface area contributed by atoms with E-state index in [9.17, 15) is 0 Å². The van der Waals surface area contributed by atoms with E-state index < -0.39 is 0 Å². The van der Waals surface area contributed by atoms with Crippen molar-refractivity contribution in [2.45, 2.75) is 35.3 Å². The number of hydrogen-bond donors (Lipinski definition) is 1. The molecule has 1 nitrogen and oxygen atoms in total. The summed E-state index contributed by atoms with van der Waals surface area (Å²) in [7, 11) is 0. The van der Waals surface area contributed by atoms with Gasteiger partial charge in [0.05, 0.1) is 0 Å². The molecule has 0 atom stereocenters. The summed E-state index contributed by atoms with van der Waals surface area (Å²) in [6, 6.07) is 0. The molecular weight excluding hydrogens is 109 g/mol. The summed E-state index contributed by atoms with van der Waals surface area (Å²) >= 11 is 1.45. The molecule has 0 unspecified atom stereocenters. The van der Waals surface area contributed by atoms with Gasteiger partial charge in [0.1, 0.15) is 0 Å². The molecule has 3 N–H and O–H groups in total. The van der Waals surface area contributed by atoms with Gasteiger partial charge in [-0.25, -0.2) is 0 Å². The Morgan fingerprint density at radius 3 is 1.75 bits per heavy atom. The molecular formula is C6H14NNa. The molecule has 1 fully saturated rings. The first-order valence-electron chi connectivity index (χ1n) is 3.39. The van der Waals surface area contributed by atoms with Gasteiger partial charge >= 0.3 is 63.2 Å². The van der Waals surface area contributed by atoms with Crippen LogP contribution in [0.25, 0.3) is 0 Å². The number of rotatable bonds is 0. The molecule has 0 bridgehead atoms. The van der Waals surface area contributed by atoms with Gasteiger partial charge in [0.25, 0.3) is 0 Å². The summed E-state index contributed by atoms with van der Waals surface area (Å²) in [6.07, 6.45) is 7.65. The van der Waals surface area contributed by atoms with Crippen molar-refractivity contribution in [2.75, 3.05) is 0 Å². The summed E-state index contributed by atoms with van der Waals surface area (Å²) in [5.41, 5.74) is 0. The van der Waals surface area contributed by atoms with Gasteiger partial charge in [-0.1, -0.05) is 0 Å². The second kappa shape index (κ2) is 4.80. The average molecular weight is 123 g/mol. The fourth-order valence-corrected chi connectivity index (χ4v) is 2.12. The van der Waals surface area contributed by atoms with E-state index in [4.69, 9.17) is 0 Å². The van der Waals surface area contributed by atoms with Crippen LogP contribution in [-0.2, 0) is 0 Å². The quantitative estimate of drug-likeness (QED) is 0.492. The van der Waals surface area contributed by atoms with Crippen molar-refractivity contribution in [3.63, 3.8) is 0 Å². The van der Waals surface area contributed by atoms with Crippen LogP contribution in [0.3, 0.4) is 0 Å². The van der Waals surface area contributed by atoms with E-state index in [2.05, 4.69) is 0 Å².